The number of aliphatic hydroxyl groups is 1. The summed E-state index contributed by atoms with van der Waals surface area (Å²) < 4.78 is 0. The van der Waals surface area contributed by atoms with Gasteiger partial charge in [-0.15, -0.1) is 0 Å². The monoisotopic (exact) mass is 305 g/mol. The van der Waals surface area contributed by atoms with Crippen LogP contribution in [-0.4, -0.2) is 53.5 Å². The number of hydrogen-bond donors (Lipinski definition) is 2. The van der Waals surface area contributed by atoms with Crippen molar-refractivity contribution < 1.29 is 14.7 Å². The fourth-order valence-corrected chi connectivity index (χ4v) is 2.78. The zero-order valence-corrected chi connectivity index (χ0v) is 12.9. The summed E-state index contributed by atoms with van der Waals surface area (Å²) in [7, 11) is 1.63. The van der Waals surface area contributed by atoms with Gasteiger partial charge in [0.15, 0.2) is 0 Å². The summed E-state index contributed by atoms with van der Waals surface area (Å²) in [6, 6.07) is 5.85. The first-order valence-electron chi connectivity index (χ1n) is 7.69. The molecule has 6 nitrogen and oxygen atoms in total. The van der Waals surface area contributed by atoms with E-state index in [1.165, 1.54) is 0 Å². The van der Waals surface area contributed by atoms with Gasteiger partial charge in [-0.1, -0.05) is 6.07 Å². The lowest BCUT2D eigenvalue weighted by Gasteiger charge is -2.32. The molecule has 120 valence electrons. The van der Waals surface area contributed by atoms with E-state index in [4.69, 9.17) is 5.11 Å². The number of pyridine rings is 1. The summed E-state index contributed by atoms with van der Waals surface area (Å²) in [5, 5.41) is 11.6. The maximum Gasteiger partial charge on any atom is 0.248 e. The minimum atomic E-state index is -0.438. The molecule has 22 heavy (non-hydrogen) atoms. The van der Waals surface area contributed by atoms with Crippen molar-refractivity contribution in [1.29, 1.82) is 0 Å². The highest BCUT2D eigenvalue weighted by Crippen LogP contribution is 2.25. The van der Waals surface area contributed by atoms with Crippen molar-refractivity contribution in [3.63, 3.8) is 0 Å². The number of piperidine rings is 1. The number of amides is 2. The Hall–Kier alpha value is -1.95. The minimum absolute atomic E-state index is 0.00425. The average molecular weight is 305 g/mol. The molecular weight excluding hydrogens is 282 g/mol. The molecular formula is C16H23N3O3. The average Bonchev–Trinajstić information content (AvgIpc) is 2.59. The summed E-state index contributed by atoms with van der Waals surface area (Å²) in [5.41, 5.74) is 1.86. The number of rotatable bonds is 5. The number of likely N-dealkylation sites (tertiary alicyclic amines) is 1. The van der Waals surface area contributed by atoms with E-state index in [0.717, 1.165) is 24.2 Å². The van der Waals surface area contributed by atoms with Gasteiger partial charge in [0.2, 0.25) is 11.8 Å². The van der Waals surface area contributed by atoms with E-state index in [0.29, 0.717) is 25.9 Å². The molecule has 0 aromatic carbocycles. The van der Waals surface area contributed by atoms with Gasteiger partial charge >= 0.3 is 0 Å². The van der Waals surface area contributed by atoms with Crippen molar-refractivity contribution in [2.24, 2.45) is 0 Å². The highest BCUT2D eigenvalue weighted by atomic mass is 16.3. The number of nitrogens with zero attached hydrogens (tertiary/aromatic N) is 2. The summed E-state index contributed by atoms with van der Waals surface area (Å²) in [5.74, 6) is -0.0192. The van der Waals surface area contributed by atoms with Gasteiger partial charge in [0.05, 0.1) is 0 Å². The van der Waals surface area contributed by atoms with Gasteiger partial charge < -0.3 is 15.3 Å². The predicted molar refractivity (Wildman–Crippen MR) is 82.3 cm³/mol. The fraction of sp³-hybridized carbons (Fsp3) is 0.562. The molecule has 2 rings (SSSR count). The molecule has 0 radical (unpaired) electrons. The number of hydrogen-bond acceptors (Lipinski definition) is 4. The quantitative estimate of drug-likeness (QED) is 0.828. The van der Waals surface area contributed by atoms with Crippen LogP contribution in [-0.2, 0) is 16.0 Å². The van der Waals surface area contributed by atoms with Crippen LogP contribution in [0.2, 0.25) is 0 Å². The SMILES string of the molecule is CNC(=O)CCc1cccc([C@@H]2CCCN(C(=O)CO)C2)n1. The molecule has 1 aromatic rings. The van der Waals surface area contributed by atoms with Gasteiger partial charge in [0.1, 0.15) is 6.61 Å². The molecule has 2 N–H and O–H groups in total. The Kier molecular flexibility index (Phi) is 5.89. The van der Waals surface area contributed by atoms with Crippen LogP contribution in [0.5, 0.6) is 0 Å². The Labute approximate surface area is 130 Å². The van der Waals surface area contributed by atoms with Gasteiger partial charge in [-0.25, -0.2) is 0 Å². The molecule has 0 bridgehead atoms. The molecule has 0 spiro atoms. The molecule has 1 saturated heterocycles. The molecule has 0 saturated carbocycles. The van der Waals surface area contributed by atoms with Gasteiger partial charge in [-0.3, -0.25) is 14.6 Å². The van der Waals surface area contributed by atoms with Crippen LogP contribution in [0.3, 0.4) is 0 Å². The first-order chi connectivity index (χ1) is 10.6. The van der Waals surface area contributed by atoms with Crippen LogP contribution in [0.1, 0.15) is 36.6 Å². The second-order valence-electron chi connectivity index (χ2n) is 5.56. The lowest BCUT2D eigenvalue weighted by Crippen LogP contribution is -2.40. The normalized spacial score (nSPS) is 18.1. The number of nitrogens with one attached hydrogen (secondary N) is 1. The molecule has 1 fully saturated rings. The molecule has 1 aliphatic heterocycles. The zero-order valence-electron chi connectivity index (χ0n) is 12.9. The van der Waals surface area contributed by atoms with E-state index in [2.05, 4.69) is 10.3 Å². The number of carbonyl (C=O) groups excluding carboxylic acids is 2. The van der Waals surface area contributed by atoms with E-state index in [9.17, 15) is 9.59 Å². The third-order valence-electron chi connectivity index (χ3n) is 4.04. The lowest BCUT2D eigenvalue weighted by molar-refractivity contribution is -0.135. The largest absolute Gasteiger partial charge is 0.387 e. The number of carbonyl (C=O) groups is 2. The second-order valence-corrected chi connectivity index (χ2v) is 5.56. The highest BCUT2D eigenvalue weighted by Gasteiger charge is 2.25. The van der Waals surface area contributed by atoms with Crippen molar-refractivity contribution in [3.05, 3.63) is 29.6 Å². The molecule has 1 aromatic heterocycles. The van der Waals surface area contributed by atoms with Crippen LogP contribution in [0, 0.1) is 0 Å². The number of aryl methyl sites for hydroxylation is 1. The Morgan fingerprint density at radius 3 is 3.00 bits per heavy atom. The van der Waals surface area contributed by atoms with Crippen LogP contribution >= 0.6 is 0 Å². The van der Waals surface area contributed by atoms with Crippen molar-refractivity contribution in [1.82, 2.24) is 15.2 Å². The van der Waals surface area contributed by atoms with Crippen molar-refractivity contribution in [2.75, 3.05) is 26.7 Å². The Balaban J connectivity index is 2.02. The van der Waals surface area contributed by atoms with Crippen LogP contribution in [0.25, 0.3) is 0 Å². The van der Waals surface area contributed by atoms with Crippen molar-refractivity contribution >= 4 is 11.8 Å². The maximum absolute atomic E-state index is 11.6. The van der Waals surface area contributed by atoms with Gasteiger partial charge in [0, 0.05) is 43.9 Å². The lowest BCUT2D eigenvalue weighted by atomic mass is 9.94. The van der Waals surface area contributed by atoms with E-state index in [1.54, 1.807) is 11.9 Å². The predicted octanol–water partition coefficient (Wildman–Crippen LogP) is 0.459. The van der Waals surface area contributed by atoms with Crippen LogP contribution in [0.15, 0.2) is 18.2 Å². The van der Waals surface area contributed by atoms with Crippen LogP contribution < -0.4 is 5.32 Å². The number of aliphatic hydroxyl groups excluding tert-OH is 1. The molecule has 0 aliphatic carbocycles. The fourth-order valence-electron chi connectivity index (χ4n) is 2.78. The smallest absolute Gasteiger partial charge is 0.248 e. The number of aromatic nitrogens is 1. The minimum Gasteiger partial charge on any atom is -0.387 e. The summed E-state index contributed by atoms with van der Waals surface area (Å²) in [6.45, 7) is 0.865. The standard InChI is InChI=1S/C16H23N3O3/c1-17-15(21)8-7-13-5-2-6-14(18-13)12-4-3-9-19(10-12)16(22)11-20/h2,5-6,12,20H,3-4,7-11H2,1H3,(H,17,21)/t12-/m1/s1. The highest BCUT2D eigenvalue weighted by molar-refractivity contribution is 5.77. The Morgan fingerprint density at radius 1 is 1.45 bits per heavy atom. The maximum atomic E-state index is 11.6. The summed E-state index contributed by atoms with van der Waals surface area (Å²) in [6.07, 6.45) is 2.94. The van der Waals surface area contributed by atoms with E-state index in [-0.39, 0.29) is 17.7 Å². The topological polar surface area (TPSA) is 82.5 Å². The van der Waals surface area contributed by atoms with E-state index in [1.807, 2.05) is 18.2 Å². The van der Waals surface area contributed by atoms with Crippen molar-refractivity contribution in [3.8, 4) is 0 Å². The third kappa shape index (κ3) is 4.27. The first-order valence-corrected chi connectivity index (χ1v) is 7.69. The van der Waals surface area contributed by atoms with Gasteiger partial charge in [-0.05, 0) is 31.4 Å². The summed E-state index contributed by atoms with van der Waals surface area (Å²) in [4.78, 5) is 29.3. The van der Waals surface area contributed by atoms with Crippen LogP contribution in [0.4, 0.5) is 0 Å². The first kappa shape index (κ1) is 16.4. The van der Waals surface area contributed by atoms with E-state index >= 15 is 0 Å². The zero-order chi connectivity index (χ0) is 15.9. The van der Waals surface area contributed by atoms with Gasteiger partial charge in [-0.2, -0.15) is 0 Å². The molecule has 2 heterocycles. The summed E-state index contributed by atoms with van der Waals surface area (Å²) >= 11 is 0. The van der Waals surface area contributed by atoms with E-state index < -0.39 is 6.61 Å². The molecule has 0 unspecified atom stereocenters. The second kappa shape index (κ2) is 7.89. The van der Waals surface area contributed by atoms with Crippen molar-refractivity contribution in [2.45, 2.75) is 31.6 Å². The Morgan fingerprint density at radius 2 is 2.27 bits per heavy atom. The molecule has 1 atom stereocenters. The molecule has 2 amide bonds. The third-order valence-corrected chi connectivity index (χ3v) is 4.04. The molecule has 1 aliphatic rings. The Bertz CT molecular complexity index is 533. The molecule has 6 heteroatoms. The van der Waals surface area contributed by atoms with Gasteiger partial charge in [0.25, 0.3) is 0 Å².